The SMILES string of the molecule is CC(=O)NC(CS)C(=O)NCC1(N(C)C)CCCC1. The predicted octanol–water partition coefficient (Wildman–Crippen LogP) is 0.411. The number of likely N-dealkylation sites (N-methyl/N-ethyl adjacent to an activating group) is 1. The summed E-state index contributed by atoms with van der Waals surface area (Å²) in [4.78, 5) is 25.3. The van der Waals surface area contributed by atoms with Crippen LogP contribution in [0.3, 0.4) is 0 Å². The highest BCUT2D eigenvalue weighted by Gasteiger charge is 2.36. The molecule has 0 aromatic rings. The zero-order valence-electron chi connectivity index (χ0n) is 12.0. The lowest BCUT2D eigenvalue weighted by molar-refractivity contribution is -0.127. The lowest BCUT2D eigenvalue weighted by Crippen LogP contribution is -2.55. The summed E-state index contributed by atoms with van der Waals surface area (Å²) < 4.78 is 0. The van der Waals surface area contributed by atoms with Gasteiger partial charge in [-0.15, -0.1) is 0 Å². The van der Waals surface area contributed by atoms with Gasteiger partial charge in [-0.3, -0.25) is 9.59 Å². The largest absolute Gasteiger partial charge is 0.352 e. The number of nitrogens with zero attached hydrogens (tertiary/aromatic N) is 1. The van der Waals surface area contributed by atoms with Gasteiger partial charge in [-0.2, -0.15) is 12.6 Å². The Morgan fingerprint density at radius 3 is 2.32 bits per heavy atom. The molecule has 0 aromatic carbocycles. The van der Waals surface area contributed by atoms with Gasteiger partial charge < -0.3 is 15.5 Å². The Labute approximate surface area is 120 Å². The molecule has 2 amide bonds. The second-order valence-corrected chi connectivity index (χ2v) is 5.84. The van der Waals surface area contributed by atoms with Gasteiger partial charge in [-0.25, -0.2) is 0 Å². The molecule has 2 N–H and O–H groups in total. The van der Waals surface area contributed by atoms with Gasteiger partial charge in [0.1, 0.15) is 6.04 Å². The fraction of sp³-hybridized carbons (Fsp3) is 0.846. The number of rotatable bonds is 6. The van der Waals surface area contributed by atoms with Gasteiger partial charge in [0.05, 0.1) is 0 Å². The van der Waals surface area contributed by atoms with Gasteiger partial charge in [0.2, 0.25) is 11.8 Å². The molecule has 110 valence electrons. The summed E-state index contributed by atoms with van der Waals surface area (Å²) in [7, 11) is 4.11. The van der Waals surface area contributed by atoms with Gasteiger partial charge >= 0.3 is 0 Å². The summed E-state index contributed by atoms with van der Waals surface area (Å²) in [6, 6.07) is -0.554. The molecule has 0 aliphatic heterocycles. The van der Waals surface area contributed by atoms with E-state index < -0.39 is 6.04 Å². The van der Waals surface area contributed by atoms with Gasteiger partial charge in [0.25, 0.3) is 0 Å². The molecule has 1 atom stereocenters. The van der Waals surface area contributed by atoms with Crippen LogP contribution in [0.25, 0.3) is 0 Å². The van der Waals surface area contributed by atoms with Crippen LogP contribution < -0.4 is 10.6 Å². The van der Waals surface area contributed by atoms with E-state index in [0.29, 0.717) is 12.3 Å². The van der Waals surface area contributed by atoms with Crippen molar-refractivity contribution < 1.29 is 9.59 Å². The standard InChI is InChI=1S/C13H25N3O2S/c1-10(17)15-11(8-19)12(18)14-9-13(16(2)3)6-4-5-7-13/h11,19H,4-9H2,1-3H3,(H,14,18)(H,15,17). The third-order valence-electron chi connectivity index (χ3n) is 3.95. The number of hydrogen-bond donors (Lipinski definition) is 3. The van der Waals surface area contributed by atoms with E-state index in [1.54, 1.807) is 0 Å². The molecule has 0 radical (unpaired) electrons. The molecule has 1 fully saturated rings. The van der Waals surface area contributed by atoms with Crippen LogP contribution in [-0.4, -0.2) is 54.7 Å². The summed E-state index contributed by atoms with van der Waals surface area (Å²) in [6.07, 6.45) is 4.61. The summed E-state index contributed by atoms with van der Waals surface area (Å²) in [5.74, 6) is -0.0591. The van der Waals surface area contributed by atoms with Gasteiger partial charge in [0, 0.05) is 24.8 Å². The maximum atomic E-state index is 12.0. The quantitative estimate of drug-likeness (QED) is 0.620. The van der Waals surface area contributed by atoms with E-state index in [2.05, 4.69) is 42.3 Å². The van der Waals surface area contributed by atoms with Crippen LogP contribution in [0.4, 0.5) is 0 Å². The van der Waals surface area contributed by atoms with E-state index in [1.165, 1.54) is 19.8 Å². The average molecular weight is 287 g/mol. The topological polar surface area (TPSA) is 61.4 Å². The van der Waals surface area contributed by atoms with E-state index in [4.69, 9.17) is 0 Å². The van der Waals surface area contributed by atoms with E-state index in [-0.39, 0.29) is 17.4 Å². The number of thiol groups is 1. The number of nitrogens with one attached hydrogen (secondary N) is 2. The summed E-state index contributed by atoms with van der Waals surface area (Å²) in [6.45, 7) is 2.03. The second kappa shape index (κ2) is 7.14. The normalized spacial score (nSPS) is 19.2. The van der Waals surface area contributed by atoms with Crippen molar-refractivity contribution in [3.63, 3.8) is 0 Å². The first kappa shape index (κ1) is 16.3. The van der Waals surface area contributed by atoms with Crippen molar-refractivity contribution in [2.75, 3.05) is 26.4 Å². The smallest absolute Gasteiger partial charge is 0.243 e. The molecule has 0 aromatic heterocycles. The van der Waals surface area contributed by atoms with E-state index >= 15 is 0 Å². The fourth-order valence-electron chi connectivity index (χ4n) is 2.63. The highest BCUT2D eigenvalue weighted by molar-refractivity contribution is 7.80. The minimum absolute atomic E-state index is 0.0625. The zero-order chi connectivity index (χ0) is 14.5. The maximum Gasteiger partial charge on any atom is 0.243 e. The maximum absolute atomic E-state index is 12.0. The van der Waals surface area contributed by atoms with Crippen molar-refractivity contribution >= 4 is 24.4 Å². The highest BCUT2D eigenvalue weighted by Crippen LogP contribution is 2.33. The molecule has 1 aliphatic carbocycles. The van der Waals surface area contributed by atoms with Gasteiger partial charge in [-0.05, 0) is 26.9 Å². The van der Waals surface area contributed by atoms with Crippen LogP contribution in [0.2, 0.25) is 0 Å². The monoisotopic (exact) mass is 287 g/mol. The van der Waals surface area contributed by atoms with E-state index in [9.17, 15) is 9.59 Å². The van der Waals surface area contributed by atoms with Crippen molar-refractivity contribution in [1.82, 2.24) is 15.5 Å². The van der Waals surface area contributed by atoms with Crippen molar-refractivity contribution in [3.05, 3.63) is 0 Å². The van der Waals surface area contributed by atoms with Crippen molar-refractivity contribution in [3.8, 4) is 0 Å². The number of carbonyl (C=O) groups is 2. The Morgan fingerprint density at radius 2 is 1.89 bits per heavy atom. The summed E-state index contributed by atoms with van der Waals surface area (Å²) in [5, 5.41) is 5.56. The Morgan fingerprint density at radius 1 is 1.32 bits per heavy atom. The molecule has 1 unspecified atom stereocenters. The number of hydrogen-bond acceptors (Lipinski definition) is 4. The molecule has 19 heavy (non-hydrogen) atoms. The molecule has 0 saturated heterocycles. The van der Waals surface area contributed by atoms with Crippen LogP contribution in [0.1, 0.15) is 32.6 Å². The molecular formula is C13H25N3O2S. The van der Waals surface area contributed by atoms with Gasteiger partial charge in [0.15, 0.2) is 0 Å². The van der Waals surface area contributed by atoms with Crippen LogP contribution in [-0.2, 0) is 9.59 Å². The first-order chi connectivity index (χ1) is 8.91. The lowest BCUT2D eigenvalue weighted by Gasteiger charge is -2.36. The Kier molecular flexibility index (Phi) is 6.13. The third-order valence-corrected chi connectivity index (χ3v) is 4.32. The average Bonchev–Trinajstić information content (AvgIpc) is 2.82. The van der Waals surface area contributed by atoms with Crippen molar-refractivity contribution in [2.24, 2.45) is 0 Å². The Balaban J connectivity index is 2.54. The minimum atomic E-state index is -0.554. The number of carbonyl (C=O) groups excluding carboxylic acids is 2. The highest BCUT2D eigenvalue weighted by atomic mass is 32.1. The minimum Gasteiger partial charge on any atom is -0.352 e. The van der Waals surface area contributed by atoms with Crippen molar-refractivity contribution in [2.45, 2.75) is 44.2 Å². The van der Waals surface area contributed by atoms with Crippen LogP contribution >= 0.6 is 12.6 Å². The van der Waals surface area contributed by atoms with Crippen molar-refractivity contribution in [1.29, 1.82) is 0 Å². The first-order valence-electron chi connectivity index (χ1n) is 6.74. The summed E-state index contributed by atoms with van der Waals surface area (Å²) in [5.41, 5.74) is 0.0625. The Hall–Kier alpha value is -0.750. The molecule has 1 aliphatic rings. The molecule has 0 heterocycles. The number of amides is 2. The zero-order valence-corrected chi connectivity index (χ0v) is 12.9. The molecule has 0 bridgehead atoms. The van der Waals surface area contributed by atoms with Crippen LogP contribution in [0, 0.1) is 0 Å². The predicted molar refractivity (Wildman–Crippen MR) is 79.4 cm³/mol. The molecule has 1 saturated carbocycles. The molecule has 0 spiro atoms. The molecular weight excluding hydrogens is 262 g/mol. The van der Waals surface area contributed by atoms with Gasteiger partial charge in [-0.1, -0.05) is 12.8 Å². The van der Waals surface area contributed by atoms with Crippen LogP contribution in [0.15, 0.2) is 0 Å². The van der Waals surface area contributed by atoms with E-state index in [1.807, 2.05) is 0 Å². The molecule has 1 rings (SSSR count). The second-order valence-electron chi connectivity index (χ2n) is 5.48. The van der Waals surface area contributed by atoms with Crippen LogP contribution in [0.5, 0.6) is 0 Å². The van der Waals surface area contributed by atoms with E-state index in [0.717, 1.165) is 12.8 Å². The fourth-order valence-corrected chi connectivity index (χ4v) is 2.89. The third kappa shape index (κ3) is 4.38. The molecule has 6 heteroatoms. The summed E-state index contributed by atoms with van der Waals surface area (Å²) >= 11 is 4.11. The lowest BCUT2D eigenvalue weighted by atomic mass is 9.96. The Bertz CT molecular complexity index is 328. The first-order valence-corrected chi connectivity index (χ1v) is 7.37. The molecule has 5 nitrogen and oxygen atoms in total.